The number of rotatable bonds is 5. The third kappa shape index (κ3) is 2.85. The lowest BCUT2D eigenvalue weighted by Crippen LogP contribution is -1.95. The first-order valence-corrected chi connectivity index (χ1v) is 7.04. The van der Waals surface area contributed by atoms with Gasteiger partial charge in [-0.2, -0.15) is 0 Å². The molecule has 0 N–H and O–H groups in total. The number of aryl methyl sites for hydroxylation is 2. The molecular formula is C12H12N6OS. The maximum Gasteiger partial charge on any atom is 0.247 e. The number of hydrogen-bond acceptors (Lipinski definition) is 7. The maximum absolute atomic E-state index is 5.63. The summed E-state index contributed by atoms with van der Waals surface area (Å²) >= 11 is 1.55. The van der Waals surface area contributed by atoms with Crippen molar-refractivity contribution in [2.24, 2.45) is 7.05 Å². The second kappa shape index (κ2) is 5.83. The zero-order valence-corrected chi connectivity index (χ0v) is 11.6. The van der Waals surface area contributed by atoms with Crippen LogP contribution in [0.1, 0.15) is 5.89 Å². The van der Waals surface area contributed by atoms with Crippen LogP contribution in [0.25, 0.3) is 11.5 Å². The standard InChI is InChI=1S/C12H12N6OS/c1-18-12(15-16-17-18)20-8-7-10-13-14-11(19-10)9-5-3-2-4-6-9/h2-6H,7-8H2,1H3. The van der Waals surface area contributed by atoms with Gasteiger partial charge >= 0.3 is 0 Å². The Balaban J connectivity index is 1.59. The van der Waals surface area contributed by atoms with Crippen molar-refractivity contribution in [2.45, 2.75) is 11.6 Å². The molecule has 2 heterocycles. The van der Waals surface area contributed by atoms with E-state index in [0.29, 0.717) is 18.2 Å². The predicted molar refractivity (Wildman–Crippen MR) is 73.0 cm³/mol. The minimum Gasteiger partial charge on any atom is -0.421 e. The van der Waals surface area contributed by atoms with Crippen molar-refractivity contribution < 1.29 is 4.42 Å². The summed E-state index contributed by atoms with van der Waals surface area (Å²) in [6.07, 6.45) is 0.678. The average Bonchev–Trinajstić information content (AvgIpc) is 3.10. The highest BCUT2D eigenvalue weighted by Gasteiger charge is 2.09. The van der Waals surface area contributed by atoms with E-state index in [9.17, 15) is 0 Å². The molecule has 0 saturated heterocycles. The summed E-state index contributed by atoms with van der Waals surface area (Å²) in [7, 11) is 1.81. The highest BCUT2D eigenvalue weighted by molar-refractivity contribution is 7.99. The summed E-state index contributed by atoms with van der Waals surface area (Å²) in [6, 6.07) is 9.72. The Morgan fingerprint density at radius 3 is 2.75 bits per heavy atom. The molecule has 0 bridgehead atoms. The smallest absolute Gasteiger partial charge is 0.247 e. The van der Waals surface area contributed by atoms with Crippen molar-refractivity contribution >= 4 is 11.8 Å². The fraction of sp³-hybridized carbons (Fsp3) is 0.250. The number of thioether (sulfide) groups is 1. The highest BCUT2D eigenvalue weighted by Crippen LogP contribution is 2.19. The quantitative estimate of drug-likeness (QED) is 0.659. The SMILES string of the molecule is Cn1nnnc1SCCc1nnc(-c2ccccc2)o1. The Bertz CT molecular complexity index is 680. The Kier molecular flexibility index (Phi) is 3.73. The first-order valence-electron chi connectivity index (χ1n) is 6.06. The minimum atomic E-state index is 0.547. The molecule has 0 fully saturated rings. The van der Waals surface area contributed by atoms with E-state index in [1.54, 1.807) is 16.4 Å². The number of hydrogen-bond donors (Lipinski definition) is 0. The Hall–Kier alpha value is -2.22. The highest BCUT2D eigenvalue weighted by atomic mass is 32.2. The first kappa shape index (κ1) is 12.8. The second-order valence-corrected chi connectivity index (χ2v) is 5.11. The molecule has 102 valence electrons. The number of aromatic nitrogens is 6. The lowest BCUT2D eigenvalue weighted by Gasteiger charge is -1.96. The lowest BCUT2D eigenvalue weighted by atomic mass is 10.2. The van der Waals surface area contributed by atoms with E-state index in [-0.39, 0.29) is 0 Å². The van der Waals surface area contributed by atoms with Gasteiger partial charge < -0.3 is 4.42 Å². The van der Waals surface area contributed by atoms with Crippen LogP contribution in [0, 0.1) is 0 Å². The number of benzene rings is 1. The largest absolute Gasteiger partial charge is 0.421 e. The van der Waals surface area contributed by atoms with E-state index in [1.165, 1.54) is 0 Å². The van der Waals surface area contributed by atoms with Gasteiger partial charge in [0.2, 0.25) is 16.9 Å². The van der Waals surface area contributed by atoms with Crippen LogP contribution in [0.2, 0.25) is 0 Å². The van der Waals surface area contributed by atoms with Crippen molar-refractivity contribution in [1.82, 2.24) is 30.4 Å². The normalized spacial score (nSPS) is 10.8. The van der Waals surface area contributed by atoms with E-state index in [1.807, 2.05) is 37.4 Å². The topological polar surface area (TPSA) is 82.5 Å². The van der Waals surface area contributed by atoms with Gasteiger partial charge in [0.1, 0.15) is 0 Å². The molecule has 0 amide bonds. The summed E-state index contributed by atoms with van der Waals surface area (Å²) in [5, 5.41) is 20.1. The third-order valence-corrected chi connectivity index (χ3v) is 3.63. The molecule has 0 aliphatic heterocycles. The Morgan fingerprint density at radius 2 is 2.00 bits per heavy atom. The van der Waals surface area contributed by atoms with E-state index < -0.39 is 0 Å². The molecule has 8 heteroatoms. The molecular weight excluding hydrogens is 276 g/mol. The monoisotopic (exact) mass is 288 g/mol. The Morgan fingerprint density at radius 1 is 1.15 bits per heavy atom. The molecule has 0 atom stereocenters. The molecule has 0 aliphatic rings. The van der Waals surface area contributed by atoms with Gasteiger partial charge in [-0.25, -0.2) is 4.68 Å². The van der Waals surface area contributed by atoms with Crippen molar-refractivity contribution in [3.63, 3.8) is 0 Å². The molecule has 0 unspecified atom stereocenters. The first-order chi connectivity index (χ1) is 9.83. The fourth-order valence-electron chi connectivity index (χ4n) is 1.63. The van der Waals surface area contributed by atoms with Gasteiger partial charge in [0.25, 0.3) is 0 Å². The van der Waals surface area contributed by atoms with Gasteiger partial charge in [-0.1, -0.05) is 30.0 Å². The van der Waals surface area contributed by atoms with Crippen LogP contribution in [0.4, 0.5) is 0 Å². The van der Waals surface area contributed by atoms with Crippen LogP contribution in [-0.4, -0.2) is 36.2 Å². The molecule has 3 aromatic rings. The molecule has 2 aromatic heterocycles. The molecule has 0 aliphatic carbocycles. The van der Waals surface area contributed by atoms with Gasteiger partial charge in [0.05, 0.1) is 0 Å². The summed E-state index contributed by atoms with van der Waals surface area (Å²) in [5.74, 6) is 1.95. The summed E-state index contributed by atoms with van der Waals surface area (Å²) < 4.78 is 7.26. The van der Waals surface area contributed by atoms with Gasteiger partial charge in [0.15, 0.2) is 0 Å². The molecule has 1 aromatic carbocycles. The minimum absolute atomic E-state index is 0.547. The molecule has 0 radical (unpaired) electrons. The molecule has 0 spiro atoms. The van der Waals surface area contributed by atoms with Crippen LogP contribution < -0.4 is 0 Å². The van der Waals surface area contributed by atoms with Crippen LogP contribution in [-0.2, 0) is 13.5 Å². The van der Waals surface area contributed by atoms with Crippen LogP contribution in [0.15, 0.2) is 39.9 Å². The average molecular weight is 288 g/mol. The lowest BCUT2D eigenvalue weighted by molar-refractivity contribution is 0.514. The van der Waals surface area contributed by atoms with Crippen LogP contribution >= 0.6 is 11.8 Å². The molecule has 7 nitrogen and oxygen atoms in total. The number of nitrogens with zero attached hydrogens (tertiary/aromatic N) is 6. The van der Waals surface area contributed by atoms with Gasteiger partial charge in [-0.3, -0.25) is 0 Å². The fourth-order valence-corrected chi connectivity index (χ4v) is 2.40. The second-order valence-electron chi connectivity index (χ2n) is 4.05. The summed E-state index contributed by atoms with van der Waals surface area (Å²) in [6.45, 7) is 0. The van der Waals surface area contributed by atoms with Crippen molar-refractivity contribution in [3.05, 3.63) is 36.2 Å². The van der Waals surface area contributed by atoms with Gasteiger partial charge in [-0.15, -0.1) is 15.3 Å². The molecule has 20 heavy (non-hydrogen) atoms. The Labute approximate surface area is 119 Å². The van der Waals surface area contributed by atoms with Crippen LogP contribution in [0.5, 0.6) is 0 Å². The van der Waals surface area contributed by atoms with E-state index in [0.717, 1.165) is 16.5 Å². The van der Waals surface area contributed by atoms with E-state index >= 15 is 0 Å². The molecule has 3 rings (SSSR count). The van der Waals surface area contributed by atoms with Crippen molar-refractivity contribution in [1.29, 1.82) is 0 Å². The van der Waals surface area contributed by atoms with E-state index in [4.69, 9.17) is 4.42 Å². The summed E-state index contributed by atoms with van der Waals surface area (Å²) in [5.41, 5.74) is 0.927. The molecule has 0 saturated carbocycles. The van der Waals surface area contributed by atoms with Crippen LogP contribution in [0.3, 0.4) is 0 Å². The van der Waals surface area contributed by atoms with Crippen molar-refractivity contribution in [3.8, 4) is 11.5 Å². The predicted octanol–water partition coefficient (Wildman–Crippen LogP) is 1.59. The van der Waals surface area contributed by atoms with Crippen molar-refractivity contribution in [2.75, 3.05) is 5.75 Å². The third-order valence-electron chi connectivity index (χ3n) is 2.62. The van der Waals surface area contributed by atoms with Gasteiger partial charge in [0, 0.05) is 24.8 Å². The number of tetrazole rings is 1. The zero-order chi connectivity index (χ0) is 13.8. The summed E-state index contributed by atoms with van der Waals surface area (Å²) in [4.78, 5) is 0. The van der Waals surface area contributed by atoms with Gasteiger partial charge in [-0.05, 0) is 22.6 Å². The van der Waals surface area contributed by atoms with E-state index in [2.05, 4.69) is 25.7 Å². The maximum atomic E-state index is 5.63. The zero-order valence-electron chi connectivity index (χ0n) is 10.8.